The van der Waals surface area contributed by atoms with E-state index in [1.807, 2.05) is 0 Å². The molecule has 0 saturated heterocycles. The number of aromatic nitrogens is 4. The maximum Gasteiger partial charge on any atom is 0.347 e. The van der Waals surface area contributed by atoms with E-state index in [0.717, 1.165) is 16.1 Å². The van der Waals surface area contributed by atoms with Crippen molar-refractivity contribution < 1.29 is 17.2 Å². The van der Waals surface area contributed by atoms with E-state index in [-0.39, 0.29) is 22.2 Å². The van der Waals surface area contributed by atoms with Crippen LogP contribution in [0, 0.1) is 18.6 Å². The molecule has 0 radical (unpaired) electrons. The van der Waals surface area contributed by atoms with Crippen molar-refractivity contribution in [2.45, 2.75) is 25.0 Å². The van der Waals surface area contributed by atoms with Crippen LogP contribution in [0.2, 0.25) is 0 Å². The Labute approximate surface area is 161 Å². The second-order valence-electron chi connectivity index (χ2n) is 6.76. The lowest BCUT2D eigenvalue weighted by atomic mass is 10.2. The molecular formula is C17H12F2N4O3S2. The minimum Gasteiger partial charge on any atom is -0.254 e. The number of hydrogen-bond acceptors (Lipinski definition) is 6. The Morgan fingerprint density at radius 3 is 2.64 bits per heavy atom. The van der Waals surface area contributed by atoms with Gasteiger partial charge < -0.3 is 0 Å². The van der Waals surface area contributed by atoms with Gasteiger partial charge in [0.15, 0.2) is 5.82 Å². The van der Waals surface area contributed by atoms with Gasteiger partial charge in [-0.2, -0.15) is 3.97 Å². The van der Waals surface area contributed by atoms with Gasteiger partial charge >= 0.3 is 5.69 Å². The maximum atomic E-state index is 15.3. The molecule has 1 aliphatic carbocycles. The van der Waals surface area contributed by atoms with Crippen molar-refractivity contribution in [1.29, 1.82) is 0 Å². The van der Waals surface area contributed by atoms with Crippen molar-refractivity contribution in [3.63, 3.8) is 0 Å². The number of rotatable bonds is 3. The summed E-state index contributed by atoms with van der Waals surface area (Å²) in [5.41, 5.74) is -1.24. The van der Waals surface area contributed by atoms with E-state index < -0.39 is 32.6 Å². The minimum absolute atomic E-state index is 0.0975. The predicted molar refractivity (Wildman–Crippen MR) is 101 cm³/mol. The van der Waals surface area contributed by atoms with Crippen LogP contribution in [-0.2, 0) is 10.0 Å². The smallest absolute Gasteiger partial charge is 0.254 e. The van der Waals surface area contributed by atoms with Gasteiger partial charge in [0.1, 0.15) is 16.9 Å². The van der Waals surface area contributed by atoms with Crippen LogP contribution in [0.15, 0.2) is 29.1 Å². The molecule has 0 spiro atoms. The molecule has 2 aromatic heterocycles. The number of aryl methyl sites for hydroxylation is 1. The summed E-state index contributed by atoms with van der Waals surface area (Å²) in [6.45, 7) is 1.67. The van der Waals surface area contributed by atoms with Gasteiger partial charge in [-0.25, -0.2) is 22.0 Å². The van der Waals surface area contributed by atoms with E-state index in [4.69, 9.17) is 0 Å². The summed E-state index contributed by atoms with van der Waals surface area (Å²) in [6.07, 6.45) is 0.848. The van der Waals surface area contributed by atoms with Gasteiger partial charge in [0.05, 0.1) is 21.2 Å². The first-order valence-electron chi connectivity index (χ1n) is 8.39. The van der Waals surface area contributed by atoms with Crippen LogP contribution in [0.3, 0.4) is 0 Å². The van der Waals surface area contributed by atoms with Gasteiger partial charge in [0.25, 0.3) is 0 Å². The summed E-state index contributed by atoms with van der Waals surface area (Å²) < 4.78 is 61.1. The number of halogens is 2. The molecule has 1 saturated carbocycles. The van der Waals surface area contributed by atoms with Crippen molar-refractivity contribution >= 4 is 42.8 Å². The van der Waals surface area contributed by atoms with E-state index in [1.165, 1.54) is 18.2 Å². The van der Waals surface area contributed by atoms with Crippen molar-refractivity contribution in [2.24, 2.45) is 0 Å². The monoisotopic (exact) mass is 422 g/mol. The molecule has 5 rings (SSSR count). The summed E-state index contributed by atoms with van der Waals surface area (Å²) in [5, 5.41) is 3.01. The van der Waals surface area contributed by atoms with Crippen LogP contribution in [0.25, 0.3) is 26.9 Å². The molecular weight excluding hydrogens is 410 g/mol. The van der Waals surface area contributed by atoms with Gasteiger partial charge in [-0.3, -0.25) is 4.57 Å². The van der Waals surface area contributed by atoms with E-state index in [9.17, 15) is 17.6 Å². The molecule has 4 aromatic rings. The first kappa shape index (κ1) is 17.4. The first-order valence-corrected chi connectivity index (χ1v) is 10.7. The van der Waals surface area contributed by atoms with E-state index in [2.05, 4.69) is 9.59 Å². The SMILES string of the molecule is Cc1ccc(-n2c(=O)n(S(=O)(=O)C3CC3)c3cc4snnc4c(F)c32)c(F)c1. The largest absolute Gasteiger partial charge is 0.347 e. The second kappa shape index (κ2) is 5.67. The van der Waals surface area contributed by atoms with Crippen molar-refractivity contribution in [1.82, 2.24) is 18.1 Å². The lowest BCUT2D eigenvalue weighted by molar-refractivity contribution is 0.583. The highest BCUT2D eigenvalue weighted by Crippen LogP contribution is 2.34. The highest BCUT2D eigenvalue weighted by Gasteiger charge is 2.40. The van der Waals surface area contributed by atoms with Gasteiger partial charge in [0.2, 0.25) is 10.0 Å². The van der Waals surface area contributed by atoms with E-state index in [0.29, 0.717) is 27.1 Å². The zero-order valence-electron chi connectivity index (χ0n) is 14.4. The van der Waals surface area contributed by atoms with Crippen molar-refractivity contribution in [3.05, 3.63) is 51.9 Å². The fraction of sp³-hybridized carbons (Fsp3) is 0.235. The van der Waals surface area contributed by atoms with Crippen LogP contribution in [0.1, 0.15) is 18.4 Å². The molecule has 11 heteroatoms. The first-order chi connectivity index (χ1) is 13.3. The minimum atomic E-state index is -4.04. The van der Waals surface area contributed by atoms with E-state index in [1.54, 1.807) is 13.0 Å². The van der Waals surface area contributed by atoms with Gasteiger partial charge in [-0.15, -0.1) is 5.10 Å². The number of imidazole rings is 1. The van der Waals surface area contributed by atoms with Crippen LogP contribution < -0.4 is 5.69 Å². The van der Waals surface area contributed by atoms with Crippen LogP contribution in [-0.4, -0.2) is 31.8 Å². The summed E-state index contributed by atoms with van der Waals surface area (Å²) in [5.74, 6) is -1.68. The Kier molecular flexibility index (Phi) is 3.53. The highest BCUT2D eigenvalue weighted by molar-refractivity contribution is 7.91. The number of nitrogens with zero attached hydrogens (tertiary/aromatic N) is 4. The number of fused-ring (bicyclic) bond motifs is 2. The third-order valence-corrected chi connectivity index (χ3v) is 7.64. The Bertz CT molecular complexity index is 1450. The molecule has 0 atom stereocenters. The molecule has 0 N–H and O–H groups in total. The molecule has 7 nitrogen and oxygen atoms in total. The van der Waals surface area contributed by atoms with Gasteiger partial charge in [-0.1, -0.05) is 10.6 Å². The Morgan fingerprint density at radius 1 is 1.21 bits per heavy atom. The molecule has 2 heterocycles. The number of benzene rings is 2. The molecule has 1 fully saturated rings. The average molecular weight is 422 g/mol. The molecule has 0 unspecified atom stereocenters. The number of hydrogen-bond donors (Lipinski definition) is 0. The third kappa shape index (κ3) is 2.29. The topological polar surface area (TPSA) is 86.9 Å². The molecule has 0 aliphatic heterocycles. The Hall–Kier alpha value is -2.66. The zero-order chi connectivity index (χ0) is 19.8. The maximum absolute atomic E-state index is 15.3. The quantitative estimate of drug-likeness (QED) is 0.507. The predicted octanol–water partition coefficient (Wildman–Crippen LogP) is 2.72. The molecule has 2 aromatic carbocycles. The van der Waals surface area contributed by atoms with Crippen LogP contribution in [0.5, 0.6) is 0 Å². The van der Waals surface area contributed by atoms with Gasteiger partial charge in [0, 0.05) is 0 Å². The summed E-state index contributed by atoms with van der Waals surface area (Å²) in [7, 11) is -4.04. The lowest BCUT2D eigenvalue weighted by Crippen LogP contribution is -2.31. The standard InChI is InChI=1S/C17H12F2N4O3S2/c1-8-2-5-11(10(18)6-8)22-16-12(7-13-15(14(16)19)20-21-27-13)23(17(22)24)28(25,26)9-3-4-9/h2,5-7,9H,3-4H2,1H3. The Morgan fingerprint density at radius 2 is 1.96 bits per heavy atom. The van der Waals surface area contributed by atoms with Crippen molar-refractivity contribution in [3.8, 4) is 5.69 Å². The summed E-state index contributed by atoms with van der Waals surface area (Å²) >= 11 is 0.881. The molecule has 0 amide bonds. The Balaban J connectivity index is 2.00. The van der Waals surface area contributed by atoms with Crippen molar-refractivity contribution in [2.75, 3.05) is 0 Å². The molecule has 28 heavy (non-hydrogen) atoms. The van der Waals surface area contributed by atoms with Gasteiger partial charge in [-0.05, 0) is 55.1 Å². The lowest BCUT2D eigenvalue weighted by Gasteiger charge is -2.06. The molecule has 0 bridgehead atoms. The van der Waals surface area contributed by atoms with Crippen LogP contribution in [0.4, 0.5) is 8.78 Å². The zero-order valence-corrected chi connectivity index (χ0v) is 16.0. The summed E-state index contributed by atoms with van der Waals surface area (Å²) in [6, 6.07) is 5.44. The summed E-state index contributed by atoms with van der Waals surface area (Å²) in [4.78, 5) is 13.1. The highest BCUT2D eigenvalue weighted by atomic mass is 32.2. The third-order valence-electron chi connectivity index (χ3n) is 4.79. The fourth-order valence-corrected chi connectivity index (χ4v) is 5.63. The fourth-order valence-electron chi connectivity index (χ4n) is 3.30. The molecule has 1 aliphatic rings. The van der Waals surface area contributed by atoms with Crippen LogP contribution >= 0.6 is 11.5 Å². The normalized spacial score (nSPS) is 15.0. The molecule has 144 valence electrons. The second-order valence-corrected chi connectivity index (χ2v) is 9.61. The van der Waals surface area contributed by atoms with E-state index >= 15 is 4.39 Å². The average Bonchev–Trinajstić information content (AvgIpc) is 3.32.